The van der Waals surface area contributed by atoms with Gasteiger partial charge in [-0.15, -0.1) is 0 Å². The molecular weight excluding hydrogens is 1460 g/mol. The van der Waals surface area contributed by atoms with E-state index in [1.807, 2.05) is 254 Å². The summed E-state index contributed by atoms with van der Waals surface area (Å²) in [5.41, 5.74) is 18.3. The fourth-order valence-corrected chi connectivity index (χ4v) is 11.9. The Bertz CT molecular complexity index is 5560. The van der Waals surface area contributed by atoms with Gasteiger partial charge in [-0.05, 0) is 166 Å². The number of hydrogen-bond acceptors (Lipinski definition) is 20. The lowest BCUT2D eigenvalue weighted by Gasteiger charge is -2.20. The predicted octanol–water partition coefficient (Wildman–Crippen LogP) is 19.0. The summed E-state index contributed by atoms with van der Waals surface area (Å²) in [6, 6.07) is 82.7. The first kappa shape index (κ1) is 78.1. The highest BCUT2D eigenvalue weighted by atomic mass is 15.0. The standard InChI is InChI=1S/C19H14N2.C9H7N.4C8H6N2.2C8H7N.C7H5N3.C7H6N2.C6H4N4/c1-3-7-14(8-4-1)16-11-18-19(21-13-20-18)12-17(16)15-9-5-2-6-10-15;1-2-4-9-7-10-6-5-8(9)3-1;1-3-7-8(9-5-1)4-2-6-10-7;2*1-2-4-8-7(3-1)5-9-6-10-8;1-2-4-8-7(3-1)9-5-6-10-8;1-2-6-9-7-3-5-8(9)4-1;1-2-4-8-7(3-1)5-6-9-8;1-2-6-7(9-3-1)4-8-5-10-6;1-3-7-8-4-2-6-9(7)5-1;1-2-9-6-5(8-1)3-7-4-10-6/h1-13,18H;1-7H;4*1-6H;1-7H;1-6,8H;1-5H;1-6H;1-4H. The number of nitrogens with zero attached hydrogens (tertiary/aromatic N) is 22. The van der Waals surface area contributed by atoms with E-state index in [2.05, 4.69) is 201 Å². The van der Waals surface area contributed by atoms with Crippen molar-refractivity contribution >= 4 is 117 Å². The van der Waals surface area contributed by atoms with E-state index in [0.717, 1.165) is 71.8 Å². The van der Waals surface area contributed by atoms with Crippen molar-refractivity contribution in [2.24, 2.45) is 15.0 Å². The molecule has 0 amide bonds. The zero-order chi connectivity index (χ0) is 80.1. The van der Waals surface area contributed by atoms with Crippen LogP contribution < -0.4 is 0 Å². The Kier molecular flexibility index (Phi) is 27.9. The highest BCUT2D eigenvalue weighted by Crippen LogP contribution is 2.36. The molecule has 22 nitrogen and oxygen atoms in total. The van der Waals surface area contributed by atoms with Crippen molar-refractivity contribution in [1.82, 2.24) is 93.5 Å². The summed E-state index contributed by atoms with van der Waals surface area (Å²) in [7, 11) is 0. The maximum absolute atomic E-state index is 4.41. The van der Waals surface area contributed by atoms with Crippen LogP contribution in [0.2, 0.25) is 0 Å². The number of hydrogen-bond donors (Lipinski definition) is 0. The van der Waals surface area contributed by atoms with Gasteiger partial charge in [0.15, 0.2) is 5.65 Å². The number of rotatable bonds is 2. The van der Waals surface area contributed by atoms with Crippen LogP contribution in [0.5, 0.6) is 0 Å². The van der Waals surface area contributed by atoms with Gasteiger partial charge in [-0.2, -0.15) is 0 Å². The number of benzene rings is 6. The van der Waals surface area contributed by atoms with Crippen molar-refractivity contribution in [3.63, 3.8) is 0 Å². The van der Waals surface area contributed by atoms with Crippen LogP contribution in [0.1, 0.15) is 11.1 Å². The minimum Gasteiger partial charge on any atom is -0.324 e. The Morgan fingerprint density at radius 1 is 0.288 bits per heavy atom. The van der Waals surface area contributed by atoms with Gasteiger partial charge in [-0.3, -0.25) is 39.9 Å². The Balaban J connectivity index is 0.000000108. The van der Waals surface area contributed by atoms with Crippen LogP contribution in [0.4, 0.5) is 0 Å². The van der Waals surface area contributed by atoms with Crippen LogP contribution in [0.3, 0.4) is 0 Å². The topological polar surface area (TPSA) is 265 Å². The van der Waals surface area contributed by atoms with Crippen LogP contribution in [0, 0.1) is 0 Å². The predicted molar refractivity (Wildman–Crippen MR) is 472 cm³/mol. The summed E-state index contributed by atoms with van der Waals surface area (Å²) >= 11 is 0. The number of allylic oxidation sites excluding steroid dienone is 5. The van der Waals surface area contributed by atoms with Crippen LogP contribution in [0.15, 0.2) is 449 Å². The molecule has 2 atom stereocenters. The Morgan fingerprint density at radius 3 is 1.40 bits per heavy atom. The van der Waals surface area contributed by atoms with Gasteiger partial charge in [-0.25, -0.2) is 59.8 Å². The molecule has 2 aliphatic carbocycles. The first-order chi connectivity index (χ1) is 58.6. The third-order valence-corrected chi connectivity index (χ3v) is 17.6. The maximum atomic E-state index is 4.41. The molecular formula is C96H74N22. The number of aliphatic imine (C=N–C) groups is 3. The molecule has 0 spiro atoms. The molecule has 0 fully saturated rings. The van der Waals surface area contributed by atoms with E-state index in [4.69, 9.17) is 0 Å². The van der Waals surface area contributed by atoms with E-state index < -0.39 is 0 Å². The summed E-state index contributed by atoms with van der Waals surface area (Å²) in [6.45, 7) is 0. The average Bonchev–Trinajstić information content (AvgIpc) is 1.38. The van der Waals surface area contributed by atoms with Crippen molar-refractivity contribution in [3.05, 3.63) is 445 Å². The second-order valence-electron chi connectivity index (χ2n) is 25.4. The molecule has 0 radical (unpaired) electrons. The summed E-state index contributed by atoms with van der Waals surface area (Å²) < 4.78 is 4.06. The number of para-hydroxylation sites is 4. The minimum absolute atomic E-state index is 0.0627. The highest BCUT2D eigenvalue weighted by Gasteiger charge is 2.24. The van der Waals surface area contributed by atoms with E-state index in [9.17, 15) is 0 Å². The molecule has 14 aromatic heterocycles. The van der Waals surface area contributed by atoms with Crippen molar-refractivity contribution in [2.45, 2.75) is 12.1 Å². The van der Waals surface area contributed by atoms with Crippen molar-refractivity contribution in [3.8, 4) is 0 Å². The van der Waals surface area contributed by atoms with Crippen LogP contribution in [-0.2, 0) is 0 Å². The first-order valence-corrected chi connectivity index (χ1v) is 37.5. The van der Waals surface area contributed by atoms with Gasteiger partial charge in [0.1, 0.15) is 54.4 Å². The molecule has 6 aromatic carbocycles. The SMILES string of the molecule is C1=CC2=CC=NC2C=C1.C1=NC2C=C(c3ccccc3)C(c3ccccc3)=CC2=N1.c1ccc2cnccc2c1.c1ccc2nccnc2c1.c1ccc2ncncc2c1.c1ccc2ncncc2c1.c1ccn2cccc2c1.c1cnc2cccn2c1.c1cnc2cccnc2c1.c1cnc2cncnc2c1.c1cnc2ncncc2n1. The van der Waals surface area contributed by atoms with Gasteiger partial charge in [-0.1, -0.05) is 164 Å². The van der Waals surface area contributed by atoms with Crippen molar-refractivity contribution in [2.75, 3.05) is 0 Å². The Hall–Kier alpha value is -16.6. The molecule has 4 aliphatic rings. The molecule has 0 saturated carbocycles. The lowest BCUT2D eigenvalue weighted by atomic mass is 9.85. The molecule has 2 aliphatic heterocycles. The van der Waals surface area contributed by atoms with E-state index >= 15 is 0 Å². The lowest BCUT2D eigenvalue weighted by molar-refractivity contribution is 1.00. The Labute approximate surface area is 678 Å². The molecule has 2 unspecified atom stereocenters. The molecule has 568 valence electrons. The van der Waals surface area contributed by atoms with Crippen molar-refractivity contribution < 1.29 is 0 Å². The van der Waals surface area contributed by atoms with Gasteiger partial charge in [0.05, 0.1) is 62.8 Å². The fourth-order valence-electron chi connectivity index (χ4n) is 11.9. The first-order valence-electron chi connectivity index (χ1n) is 37.5. The summed E-state index contributed by atoms with van der Waals surface area (Å²) in [4.78, 5) is 81.1. The number of pyridine rings is 5. The summed E-state index contributed by atoms with van der Waals surface area (Å²) in [5.74, 6) is 0. The smallest absolute Gasteiger partial charge is 0.181 e. The molecule has 0 N–H and O–H groups in total. The van der Waals surface area contributed by atoms with E-state index in [-0.39, 0.29) is 6.04 Å². The summed E-state index contributed by atoms with van der Waals surface area (Å²) in [6.07, 6.45) is 56.6. The van der Waals surface area contributed by atoms with Gasteiger partial charge in [0, 0.05) is 122 Å². The molecule has 16 heterocycles. The molecule has 22 heteroatoms. The zero-order valence-corrected chi connectivity index (χ0v) is 63.6. The maximum Gasteiger partial charge on any atom is 0.181 e. The van der Waals surface area contributed by atoms with Crippen LogP contribution in [0.25, 0.3) is 99.2 Å². The third-order valence-electron chi connectivity index (χ3n) is 17.6. The monoisotopic (exact) mass is 1530 g/mol. The van der Waals surface area contributed by atoms with Crippen molar-refractivity contribution in [1.29, 1.82) is 0 Å². The lowest BCUT2D eigenvalue weighted by Crippen LogP contribution is -2.16. The normalized spacial score (nSPS) is 13.2. The van der Waals surface area contributed by atoms with Gasteiger partial charge in [0.25, 0.3) is 0 Å². The zero-order valence-electron chi connectivity index (χ0n) is 63.6. The molecule has 0 bridgehead atoms. The second-order valence-corrected chi connectivity index (χ2v) is 25.4. The summed E-state index contributed by atoms with van der Waals surface area (Å²) in [5, 5.41) is 4.62. The molecule has 20 aromatic rings. The largest absolute Gasteiger partial charge is 0.324 e. The van der Waals surface area contributed by atoms with E-state index in [1.165, 1.54) is 56.8 Å². The second kappa shape index (κ2) is 42.1. The van der Waals surface area contributed by atoms with E-state index in [0.29, 0.717) is 11.7 Å². The third kappa shape index (κ3) is 22.6. The highest BCUT2D eigenvalue weighted by molar-refractivity contribution is 6.22. The van der Waals surface area contributed by atoms with Crippen LogP contribution >= 0.6 is 0 Å². The number of aromatic nitrogens is 19. The van der Waals surface area contributed by atoms with Gasteiger partial charge >= 0.3 is 0 Å². The molecule has 118 heavy (non-hydrogen) atoms. The average molecular weight is 1540 g/mol. The Morgan fingerprint density at radius 2 is 0.771 bits per heavy atom. The van der Waals surface area contributed by atoms with E-state index in [1.54, 1.807) is 81.0 Å². The molecule has 24 rings (SSSR count). The van der Waals surface area contributed by atoms with Gasteiger partial charge < -0.3 is 8.80 Å². The quantitative estimate of drug-likeness (QED) is 0.156. The number of fused-ring (bicyclic) bond motifs is 11. The minimum atomic E-state index is 0.0627. The molecule has 0 saturated heterocycles. The van der Waals surface area contributed by atoms with Gasteiger partial charge in [0.2, 0.25) is 0 Å². The van der Waals surface area contributed by atoms with Crippen LogP contribution in [-0.4, -0.2) is 124 Å². The fraction of sp³-hybridized carbons (Fsp3) is 0.0208.